The lowest BCUT2D eigenvalue weighted by molar-refractivity contribution is 0.291. The van der Waals surface area contributed by atoms with E-state index in [2.05, 4.69) is 0 Å². The van der Waals surface area contributed by atoms with Crippen molar-refractivity contribution in [2.75, 3.05) is 13.2 Å². The summed E-state index contributed by atoms with van der Waals surface area (Å²) in [5.41, 5.74) is 4.98. The summed E-state index contributed by atoms with van der Waals surface area (Å²) in [4.78, 5) is 0. The molecule has 0 aliphatic carbocycles. The van der Waals surface area contributed by atoms with Crippen LogP contribution in [0, 0.1) is 0 Å². The Morgan fingerprint density at radius 3 is 1.50 bits per heavy atom. The molecular weight excluding hydrogens is 172 g/mol. The molecule has 0 saturated carbocycles. The molecule has 2 nitrogen and oxygen atoms in total. The lowest BCUT2D eigenvalue weighted by Gasteiger charge is -1.80. The van der Waals surface area contributed by atoms with Gasteiger partial charge in [-0.3, -0.25) is 0 Å². The van der Waals surface area contributed by atoms with Gasteiger partial charge in [-0.15, -0.1) is 37.2 Å². The van der Waals surface area contributed by atoms with Crippen LogP contribution in [0.5, 0.6) is 0 Å². The molecule has 0 aromatic heterocycles. The quantitative estimate of drug-likeness (QED) is 0.660. The molecule has 0 heterocycles. The Labute approximate surface area is 68.1 Å². The maximum absolute atomic E-state index is 7.99. The fraction of sp³-hybridized carbons (Fsp3) is 1.00. The standard InChI is InChI=1S/C3H9NO.3ClH/c4-2-1-3-5;;;/h5H,1-4H2;3*1H. The highest BCUT2D eigenvalue weighted by atomic mass is 35.5. The average molecular weight is 184 g/mol. The van der Waals surface area contributed by atoms with Crippen molar-refractivity contribution in [1.82, 2.24) is 0 Å². The van der Waals surface area contributed by atoms with Crippen LogP contribution in [0.25, 0.3) is 0 Å². The van der Waals surface area contributed by atoms with Crippen LogP contribution in [0.2, 0.25) is 0 Å². The first-order valence-corrected chi connectivity index (χ1v) is 1.72. The molecule has 0 spiro atoms. The predicted octanol–water partition coefficient (Wildman–Crippen LogP) is 0.593. The Kier molecular flexibility index (Phi) is 72.7. The molecule has 0 fully saturated rings. The van der Waals surface area contributed by atoms with Crippen LogP contribution in [-0.4, -0.2) is 18.3 Å². The summed E-state index contributed by atoms with van der Waals surface area (Å²) >= 11 is 0. The van der Waals surface area contributed by atoms with E-state index in [1.165, 1.54) is 0 Å². The molecule has 0 aromatic carbocycles. The van der Waals surface area contributed by atoms with Crippen LogP contribution in [0.3, 0.4) is 0 Å². The summed E-state index contributed by atoms with van der Waals surface area (Å²) in [6.07, 6.45) is 0.722. The topological polar surface area (TPSA) is 46.2 Å². The Balaban J connectivity index is -0.0000000267. The van der Waals surface area contributed by atoms with Crippen molar-refractivity contribution >= 4 is 37.2 Å². The molecule has 0 aliphatic heterocycles. The highest BCUT2D eigenvalue weighted by molar-refractivity contribution is 5.86. The van der Waals surface area contributed by atoms with Crippen molar-refractivity contribution in [2.45, 2.75) is 6.42 Å². The maximum Gasteiger partial charge on any atom is 0.0443 e. The zero-order chi connectivity index (χ0) is 4.12. The van der Waals surface area contributed by atoms with E-state index in [4.69, 9.17) is 10.8 Å². The summed E-state index contributed by atoms with van der Waals surface area (Å²) in [5, 5.41) is 7.99. The SMILES string of the molecule is Cl.Cl.Cl.NCCCO. The summed E-state index contributed by atoms with van der Waals surface area (Å²) < 4.78 is 0. The molecule has 0 rings (SSSR count). The number of hydrogen-bond acceptors (Lipinski definition) is 2. The molecule has 5 heteroatoms. The highest BCUT2D eigenvalue weighted by Crippen LogP contribution is 1.62. The number of aliphatic hydroxyl groups is 1. The second-order valence-corrected chi connectivity index (χ2v) is 0.866. The van der Waals surface area contributed by atoms with Gasteiger partial charge in [-0.2, -0.15) is 0 Å². The van der Waals surface area contributed by atoms with Gasteiger partial charge < -0.3 is 10.8 Å². The van der Waals surface area contributed by atoms with Gasteiger partial charge in [0, 0.05) is 6.61 Å². The molecule has 0 saturated heterocycles. The normalized spacial score (nSPS) is 5.25. The van der Waals surface area contributed by atoms with E-state index in [0.717, 1.165) is 6.42 Å². The van der Waals surface area contributed by atoms with Gasteiger partial charge >= 0.3 is 0 Å². The van der Waals surface area contributed by atoms with Gasteiger partial charge in [-0.05, 0) is 13.0 Å². The van der Waals surface area contributed by atoms with E-state index < -0.39 is 0 Å². The van der Waals surface area contributed by atoms with Crippen LogP contribution in [0.15, 0.2) is 0 Å². The molecule has 0 aromatic rings. The van der Waals surface area contributed by atoms with E-state index in [9.17, 15) is 0 Å². The van der Waals surface area contributed by atoms with Crippen molar-refractivity contribution in [3.8, 4) is 0 Å². The number of nitrogens with two attached hydrogens (primary N) is 1. The number of halogens is 3. The maximum atomic E-state index is 7.99. The minimum absolute atomic E-state index is 0. The van der Waals surface area contributed by atoms with E-state index >= 15 is 0 Å². The van der Waals surface area contributed by atoms with E-state index in [0.29, 0.717) is 6.54 Å². The van der Waals surface area contributed by atoms with Crippen LogP contribution in [0.4, 0.5) is 0 Å². The fourth-order valence-electron chi connectivity index (χ4n) is 0.0913. The molecule has 0 radical (unpaired) electrons. The Morgan fingerprint density at radius 1 is 1.12 bits per heavy atom. The lowest BCUT2D eigenvalue weighted by Crippen LogP contribution is -1.99. The zero-order valence-corrected chi connectivity index (χ0v) is 6.82. The second kappa shape index (κ2) is 25.0. The lowest BCUT2D eigenvalue weighted by atomic mass is 10.5. The summed E-state index contributed by atoms with van der Waals surface area (Å²) in [6, 6.07) is 0. The molecule has 3 N–H and O–H groups in total. The Bertz CT molecular complexity index is 22.0. The predicted molar refractivity (Wildman–Crippen MR) is 42.5 cm³/mol. The van der Waals surface area contributed by atoms with Gasteiger partial charge in [0.25, 0.3) is 0 Å². The molecule has 0 unspecified atom stereocenters. The van der Waals surface area contributed by atoms with E-state index in [1.807, 2.05) is 0 Å². The summed E-state index contributed by atoms with van der Waals surface area (Å²) in [5.74, 6) is 0. The third-order valence-corrected chi connectivity index (χ3v) is 0.362. The summed E-state index contributed by atoms with van der Waals surface area (Å²) in [7, 11) is 0. The number of hydrogen-bond donors (Lipinski definition) is 2. The van der Waals surface area contributed by atoms with Crippen molar-refractivity contribution < 1.29 is 5.11 Å². The minimum Gasteiger partial charge on any atom is -0.396 e. The van der Waals surface area contributed by atoms with E-state index in [1.54, 1.807) is 0 Å². The molecule has 0 amide bonds. The zero-order valence-electron chi connectivity index (χ0n) is 4.37. The average Bonchev–Trinajstić information content (AvgIpc) is 1.41. The monoisotopic (exact) mass is 183 g/mol. The van der Waals surface area contributed by atoms with Crippen molar-refractivity contribution in [3.63, 3.8) is 0 Å². The van der Waals surface area contributed by atoms with E-state index in [-0.39, 0.29) is 43.8 Å². The number of rotatable bonds is 2. The molecular formula is C3H12Cl3NO. The van der Waals surface area contributed by atoms with Crippen molar-refractivity contribution in [3.05, 3.63) is 0 Å². The minimum atomic E-state index is 0. The highest BCUT2D eigenvalue weighted by Gasteiger charge is 1.69. The fourth-order valence-corrected chi connectivity index (χ4v) is 0.0913. The van der Waals surface area contributed by atoms with Crippen LogP contribution in [-0.2, 0) is 0 Å². The molecule has 0 bridgehead atoms. The first kappa shape index (κ1) is 23.2. The van der Waals surface area contributed by atoms with Crippen molar-refractivity contribution in [1.29, 1.82) is 0 Å². The molecule has 8 heavy (non-hydrogen) atoms. The van der Waals surface area contributed by atoms with Gasteiger partial charge in [0.05, 0.1) is 0 Å². The third-order valence-electron chi connectivity index (χ3n) is 0.362. The molecule has 0 aliphatic rings. The first-order valence-electron chi connectivity index (χ1n) is 1.72. The largest absolute Gasteiger partial charge is 0.396 e. The Morgan fingerprint density at radius 2 is 1.50 bits per heavy atom. The molecule has 56 valence electrons. The van der Waals surface area contributed by atoms with Gasteiger partial charge in [-0.25, -0.2) is 0 Å². The Hall–Kier alpha value is 0.790. The van der Waals surface area contributed by atoms with Crippen molar-refractivity contribution in [2.24, 2.45) is 5.73 Å². The van der Waals surface area contributed by atoms with Gasteiger partial charge in [0.2, 0.25) is 0 Å². The molecule has 0 atom stereocenters. The van der Waals surface area contributed by atoms with Gasteiger partial charge in [0.15, 0.2) is 0 Å². The van der Waals surface area contributed by atoms with Crippen LogP contribution < -0.4 is 5.73 Å². The first-order chi connectivity index (χ1) is 2.41. The third kappa shape index (κ3) is 29.2. The summed E-state index contributed by atoms with van der Waals surface area (Å²) in [6.45, 7) is 0.812. The number of aliphatic hydroxyl groups excluding tert-OH is 1. The second-order valence-electron chi connectivity index (χ2n) is 0.866. The van der Waals surface area contributed by atoms with Crippen LogP contribution >= 0.6 is 37.2 Å². The van der Waals surface area contributed by atoms with Gasteiger partial charge in [0.1, 0.15) is 0 Å². The van der Waals surface area contributed by atoms with Gasteiger partial charge in [-0.1, -0.05) is 0 Å². The smallest absolute Gasteiger partial charge is 0.0443 e. The van der Waals surface area contributed by atoms with Crippen LogP contribution in [0.1, 0.15) is 6.42 Å².